The van der Waals surface area contributed by atoms with Gasteiger partial charge in [0.25, 0.3) is 5.91 Å². The zero-order chi connectivity index (χ0) is 28.8. The van der Waals surface area contributed by atoms with Crippen LogP contribution in [0.1, 0.15) is 23.1 Å². The first-order chi connectivity index (χ1) is 18.8. The van der Waals surface area contributed by atoms with Crippen LogP contribution in [0.15, 0.2) is 52.5 Å². The lowest BCUT2D eigenvalue weighted by Crippen LogP contribution is -2.44. The molecule has 1 atom stereocenters. The molecule has 1 fully saturated rings. The number of aromatic amines is 1. The largest absolute Gasteiger partial charge is 0.471 e. The highest BCUT2D eigenvalue weighted by molar-refractivity contribution is 8.18. The van der Waals surface area contributed by atoms with E-state index >= 15 is 0 Å². The van der Waals surface area contributed by atoms with Gasteiger partial charge in [-0.3, -0.25) is 14.7 Å². The van der Waals surface area contributed by atoms with E-state index in [4.69, 9.17) is 11.6 Å². The molecule has 2 amide bonds. The summed E-state index contributed by atoms with van der Waals surface area (Å²) in [7, 11) is 0. The molecule has 2 aliphatic rings. The summed E-state index contributed by atoms with van der Waals surface area (Å²) in [4.78, 5) is 30.1. The summed E-state index contributed by atoms with van der Waals surface area (Å²) in [6, 6.07) is 7.62. The SMILES string of the molecule is O=C1N=C(N2CCC(NC(=O)C(F)(F)F)C2)SC1=C(Cc1ccc(Cl)cc1C(F)(F)F)c1ccc2[nH]ncc2c1. The number of nitrogens with one attached hydrogen (secondary N) is 2. The molecule has 0 saturated carbocycles. The summed E-state index contributed by atoms with van der Waals surface area (Å²) in [6.07, 6.45) is -8.28. The molecule has 0 bridgehead atoms. The van der Waals surface area contributed by atoms with E-state index in [1.807, 2.05) is 5.32 Å². The van der Waals surface area contributed by atoms with Crippen LogP contribution in [-0.2, 0) is 22.2 Å². The van der Waals surface area contributed by atoms with Crippen LogP contribution in [0.2, 0.25) is 5.02 Å². The lowest BCUT2D eigenvalue weighted by Gasteiger charge is -2.19. The van der Waals surface area contributed by atoms with Crippen LogP contribution in [-0.4, -0.2) is 57.4 Å². The Balaban J connectivity index is 1.48. The maximum atomic E-state index is 13.9. The maximum Gasteiger partial charge on any atom is 0.471 e. The number of nitrogens with zero attached hydrogens (tertiary/aromatic N) is 3. The van der Waals surface area contributed by atoms with E-state index in [-0.39, 0.29) is 52.2 Å². The Morgan fingerprint density at radius 1 is 1.15 bits per heavy atom. The first-order valence-corrected chi connectivity index (χ1v) is 12.9. The van der Waals surface area contributed by atoms with Crippen LogP contribution in [0, 0.1) is 0 Å². The van der Waals surface area contributed by atoms with E-state index in [1.165, 1.54) is 18.3 Å². The molecule has 2 aliphatic heterocycles. The molecule has 15 heteroatoms. The summed E-state index contributed by atoms with van der Waals surface area (Å²) < 4.78 is 79.6. The summed E-state index contributed by atoms with van der Waals surface area (Å²) in [5.41, 5.74) is 0.389. The highest BCUT2D eigenvalue weighted by Gasteiger charge is 2.42. The number of aliphatic imine (C=N–C) groups is 1. The van der Waals surface area contributed by atoms with E-state index in [2.05, 4.69) is 15.2 Å². The Labute approximate surface area is 231 Å². The third kappa shape index (κ3) is 5.82. The quantitative estimate of drug-likeness (QED) is 0.301. The zero-order valence-corrected chi connectivity index (χ0v) is 21.7. The number of benzene rings is 2. The van der Waals surface area contributed by atoms with E-state index in [0.29, 0.717) is 16.5 Å². The second-order valence-corrected chi connectivity index (χ2v) is 10.6. The van der Waals surface area contributed by atoms with Crippen molar-refractivity contribution in [3.8, 4) is 0 Å². The fourth-order valence-electron chi connectivity index (χ4n) is 4.54. The van der Waals surface area contributed by atoms with E-state index in [0.717, 1.165) is 17.8 Å². The number of H-pyrrole nitrogens is 1. The van der Waals surface area contributed by atoms with Crippen molar-refractivity contribution in [2.45, 2.75) is 31.2 Å². The predicted molar refractivity (Wildman–Crippen MR) is 137 cm³/mol. The summed E-state index contributed by atoms with van der Waals surface area (Å²) in [5.74, 6) is -2.75. The topological polar surface area (TPSA) is 90.5 Å². The number of thioether (sulfide) groups is 1. The molecule has 210 valence electrons. The zero-order valence-electron chi connectivity index (χ0n) is 20.2. The number of allylic oxidation sites excluding steroid dienone is 1. The number of alkyl halides is 6. The lowest BCUT2D eigenvalue weighted by atomic mass is 9.93. The molecule has 1 aromatic heterocycles. The number of carbonyl (C=O) groups is 2. The van der Waals surface area contributed by atoms with Crippen molar-refractivity contribution in [1.82, 2.24) is 20.4 Å². The normalized spacial score (nSPS) is 19.4. The fraction of sp³-hybridized carbons (Fsp3) is 0.280. The number of halogens is 7. The minimum Gasteiger partial charge on any atom is -0.349 e. The van der Waals surface area contributed by atoms with Gasteiger partial charge in [0, 0.05) is 29.5 Å². The van der Waals surface area contributed by atoms with Gasteiger partial charge in [0.1, 0.15) is 0 Å². The Kier molecular flexibility index (Phi) is 7.33. The van der Waals surface area contributed by atoms with Gasteiger partial charge < -0.3 is 10.2 Å². The van der Waals surface area contributed by atoms with E-state index < -0.39 is 35.8 Å². The summed E-state index contributed by atoms with van der Waals surface area (Å²) in [5, 5.41) is 9.43. The lowest BCUT2D eigenvalue weighted by molar-refractivity contribution is -0.174. The fourth-order valence-corrected chi connectivity index (χ4v) is 5.77. The molecule has 1 unspecified atom stereocenters. The van der Waals surface area contributed by atoms with Crippen LogP contribution in [0.25, 0.3) is 16.5 Å². The van der Waals surface area contributed by atoms with Crippen molar-refractivity contribution >= 4 is 56.8 Å². The predicted octanol–water partition coefficient (Wildman–Crippen LogP) is 5.57. The van der Waals surface area contributed by atoms with Gasteiger partial charge in [0.2, 0.25) is 0 Å². The van der Waals surface area contributed by atoms with Crippen LogP contribution in [0.3, 0.4) is 0 Å². The van der Waals surface area contributed by atoms with Crippen LogP contribution < -0.4 is 5.32 Å². The van der Waals surface area contributed by atoms with E-state index in [9.17, 15) is 35.9 Å². The minimum atomic E-state index is -5.03. The number of likely N-dealkylation sites (tertiary alicyclic amines) is 1. The summed E-state index contributed by atoms with van der Waals surface area (Å²) >= 11 is 6.78. The third-order valence-corrected chi connectivity index (χ3v) is 7.84. The van der Waals surface area contributed by atoms with Gasteiger partial charge in [-0.15, -0.1) is 0 Å². The number of aromatic nitrogens is 2. The second-order valence-electron chi connectivity index (χ2n) is 9.16. The Hall–Kier alpha value is -3.52. The number of hydrogen-bond donors (Lipinski definition) is 2. The smallest absolute Gasteiger partial charge is 0.349 e. The van der Waals surface area contributed by atoms with Crippen molar-refractivity contribution in [3.05, 3.63) is 69.2 Å². The molecule has 3 aromatic rings. The average Bonchev–Trinajstić information content (AvgIpc) is 3.61. The van der Waals surface area contributed by atoms with Gasteiger partial charge >= 0.3 is 18.3 Å². The number of rotatable bonds is 4. The molecular weight excluding hydrogens is 584 g/mol. The van der Waals surface area contributed by atoms with Crippen molar-refractivity contribution in [2.24, 2.45) is 4.99 Å². The standard InChI is InChI=1S/C25H18ClF6N5O2S/c26-15-3-1-13(18(9-15)24(27,28)29)8-17(12-2-4-19-14(7-12)10-33-36-19)20-21(38)35-23(40-20)37-6-5-16(11-37)34-22(39)25(30,31)32/h1-4,7,9-10,16H,5-6,8,11H2,(H,33,36)(H,34,39). The molecular formula is C25H18ClF6N5O2S. The minimum absolute atomic E-state index is 0.0140. The van der Waals surface area contributed by atoms with Gasteiger partial charge in [-0.05, 0) is 65.6 Å². The number of amides is 2. The monoisotopic (exact) mass is 601 g/mol. The van der Waals surface area contributed by atoms with Crippen molar-refractivity contribution in [1.29, 1.82) is 0 Å². The highest BCUT2D eigenvalue weighted by Crippen LogP contribution is 2.41. The van der Waals surface area contributed by atoms with Gasteiger partial charge in [0.15, 0.2) is 5.17 Å². The molecule has 0 spiro atoms. The Morgan fingerprint density at radius 3 is 2.65 bits per heavy atom. The molecule has 7 nitrogen and oxygen atoms in total. The van der Waals surface area contributed by atoms with Crippen LogP contribution in [0.4, 0.5) is 26.3 Å². The van der Waals surface area contributed by atoms with Gasteiger partial charge in [-0.1, -0.05) is 23.7 Å². The number of carbonyl (C=O) groups excluding carboxylic acids is 2. The first-order valence-electron chi connectivity index (χ1n) is 11.8. The Bertz CT molecular complexity index is 1570. The Morgan fingerprint density at radius 2 is 1.93 bits per heavy atom. The molecule has 0 radical (unpaired) electrons. The molecule has 0 aliphatic carbocycles. The molecule has 2 N–H and O–H groups in total. The summed E-state index contributed by atoms with van der Waals surface area (Å²) in [6.45, 7) is 0.209. The number of amidine groups is 1. The molecule has 1 saturated heterocycles. The van der Waals surface area contributed by atoms with Crippen molar-refractivity contribution in [3.63, 3.8) is 0 Å². The van der Waals surface area contributed by atoms with Gasteiger partial charge in [-0.2, -0.15) is 36.4 Å². The first kappa shape index (κ1) is 28.0. The highest BCUT2D eigenvalue weighted by atomic mass is 35.5. The molecule has 2 aromatic carbocycles. The van der Waals surface area contributed by atoms with E-state index in [1.54, 1.807) is 23.1 Å². The third-order valence-electron chi connectivity index (χ3n) is 6.44. The number of hydrogen-bond acceptors (Lipinski definition) is 5. The van der Waals surface area contributed by atoms with Gasteiger partial charge in [-0.25, -0.2) is 0 Å². The maximum absolute atomic E-state index is 13.9. The average molecular weight is 602 g/mol. The van der Waals surface area contributed by atoms with Crippen molar-refractivity contribution in [2.75, 3.05) is 13.1 Å². The van der Waals surface area contributed by atoms with Gasteiger partial charge in [0.05, 0.1) is 22.2 Å². The molecule has 3 heterocycles. The van der Waals surface area contributed by atoms with Crippen LogP contribution in [0.5, 0.6) is 0 Å². The van der Waals surface area contributed by atoms with Crippen LogP contribution >= 0.6 is 23.4 Å². The molecule has 5 rings (SSSR count). The second kappa shape index (κ2) is 10.5. The molecule has 40 heavy (non-hydrogen) atoms. The number of fused-ring (bicyclic) bond motifs is 1. The van der Waals surface area contributed by atoms with Crippen molar-refractivity contribution < 1.29 is 35.9 Å².